The van der Waals surface area contributed by atoms with Gasteiger partial charge in [0, 0.05) is 0 Å². The Hall–Kier alpha value is 0.268. The van der Waals surface area contributed by atoms with Crippen molar-refractivity contribution in [1.29, 1.82) is 0 Å². The van der Waals surface area contributed by atoms with Gasteiger partial charge in [0.2, 0.25) is 10.0 Å². The molecule has 0 aromatic carbocycles. The molecule has 0 spiro atoms. The molecule has 6 heteroatoms. The number of rotatable bonds is 4. The Morgan fingerprint density at radius 1 is 1.55 bits per heavy atom. The molecule has 0 aromatic heterocycles. The fraction of sp³-hybridized carbons (Fsp3) is 0.800. The predicted octanol–water partition coefficient (Wildman–Crippen LogP) is -0.579. The Morgan fingerprint density at radius 3 is 2.27 bits per heavy atom. The van der Waals surface area contributed by atoms with Crippen molar-refractivity contribution in [3.8, 4) is 0 Å². The minimum atomic E-state index is -3.24. The summed E-state index contributed by atoms with van der Waals surface area (Å²) in [6.45, 7) is 2.93. The maximum atomic E-state index is 10.7. The minimum Gasteiger partial charge on any atom is -0.540 e. The van der Waals surface area contributed by atoms with E-state index in [1.165, 1.54) is 20.1 Å². The molecule has 4 nitrogen and oxygen atoms in total. The summed E-state index contributed by atoms with van der Waals surface area (Å²) in [5, 5.41) is 0. The van der Waals surface area contributed by atoms with Gasteiger partial charge in [0.25, 0.3) is 0 Å². The van der Waals surface area contributed by atoms with E-state index in [0.29, 0.717) is 0 Å². The van der Waals surface area contributed by atoms with Crippen molar-refractivity contribution in [2.24, 2.45) is 0 Å². The molecule has 0 aliphatic heterocycles. The van der Waals surface area contributed by atoms with E-state index < -0.39 is 16.1 Å². The van der Waals surface area contributed by atoms with Gasteiger partial charge in [0.1, 0.15) is 0 Å². The molecule has 0 saturated heterocycles. The first-order chi connectivity index (χ1) is 4.52. The maximum absolute atomic E-state index is 10.7. The molecule has 0 bridgehead atoms. The Kier molecular flexibility index (Phi) is 7.37. The normalized spacial score (nSPS) is 13.3. The second-order valence-corrected chi connectivity index (χ2v) is 3.90. The van der Waals surface area contributed by atoms with E-state index >= 15 is 0 Å². The van der Waals surface area contributed by atoms with Gasteiger partial charge in [-0.15, -0.1) is 0 Å². The Morgan fingerprint density at radius 2 is 2.00 bits per heavy atom. The van der Waals surface area contributed by atoms with Gasteiger partial charge in [0.15, 0.2) is 0 Å². The summed E-state index contributed by atoms with van der Waals surface area (Å²) in [7, 11) is -3.24. The summed E-state index contributed by atoms with van der Waals surface area (Å²) in [6.07, 6.45) is 1.52. The van der Waals surface area contributed by atoms with E-state index in [1.54, 1.807) is 0 Å². The van der Waals surface area contributed by atoms with Crippen molar-refractivity contribution in [2.75, 3.05) is 5.75 Å². The van der Waals surface area contributed by atoms with E-state index in [1.807, 2.05) is 0 Å². The zero-order chi connectivity index (χ0) is 8.20. The smallest absolute Gasteiger partial charge is 0.540 e. The van der Waals surface area contributed by atoms with E-state index in [9.17, 15) is 13.2 Å². The Bertz CT molecular complexity index is 202. The van der Waals surface area contributed by atoms with Crippen molar-refractivity contribution < 1.29 is 34.3 Å². The van der Waals surface area contributed by atoms with Crippen LogP contribution in [0.3, 0.4) is 0 Å². The van der Waals surface area contributed by atoms with Crippen molar-refractivity contribution in [3.05, 3.63) is 0 Å². The summed E-state index contributed by atoms with van der Waals surface area (Å²) in [6, 6.07) is -0.745. The van der Waals surface area contributed by atoms with E-state index in [4.69, 9.17) is 0 Å². The van der Waals surface area contributed by atoms with Crippen molar-refractivity contribution in [1.82, 2.24) is 4.72 Å². The average Bonchev–Trinajstić information content (AvgIpc) is 1.87. The monoisotopic (exact) mass is 348 g/mol. The van der Waals surface area contributed by atoms with Gasteiger partial charge in [-0.05, 0) is 6.92 Å². The van der Waals surface area contributed by atoms with Gasteiger partial charge in [0.05, 0.1) is 5.75 Å². The third-order valence-corrected chi connectivity index (χ3v) is 2.39. The van der Waals surface area contributed by atoms with Crippen LogP contribution < -0.4 is 4.72 Å². The topological polar surface area (TPSA) is 63.2 Å². The molecule has 0 aliphatic carbocycles. The second-order valence-electron chi connectivity index (χ2n) is 1.86. The van der Waals surface area contributed by atoms with Gasteiger partial charge in [-0.3, -0.25) is 0 Å². The predicted molar refractivity (Wildman–Crippen MR) is 37.8 cm³/mol. The first-order valence-corrected chi connectivity index (χ1v) is 4.54. The number of hydrogen-bond acceptors (Lipinski definition) is 3. The number of hydrogen-bond donors (Lipinski definition) is 1. The SMILES string of the molecule is CCS(=O)(=O)NC(C)[C-]=O.[W+2]. The molecule has 1 unspecified atom stereocenters. The van der Waals surface area contributed by atoms with Crippen LogP contribution in [0.1, 0.15) is 13.8 Å². The van der Waals surface area contributed by atoms with Crippen LogP contribution in [0.2, 0.25) is 0 Å². The molecule has 0 heterocycles. The van der Waals surface area contributed by atoms with Crippen LogP contribution in [-0.2, 0) is 35.9 Å². The zero-order valence-corrected chi connectivity index (χ0v) is 10.1. The Labute approximate surface area is 81.1 Å². The number of nitrogens with one attached hydrogen (secondary N) is 1. The van der Waals surface area contributed by atoms with Crippen LogP contribution in [0.4, 0.5) is 0 Å². The van der Waals surface area contributed by atoms with Crippen molar-refractivity contribution in [3.63, 3.8) is 0 Å². The van der Waals surface area contributed by atoms with E-state index in [0.717, 1.165) is 0 Å². The molecule has 64 valence electrons. The average molecular weight is 348 g/mol. The van der Waals surface area contributed by atoms with Crippen LogP contribution in [0.15, 0.2) is 0 Å². The number of carbonyl (C=O) groups excluding carboxylic acids is 1. The van der Waals surface area contributed by atoms with E-state index in [-0.39, 0.29) is 26.8 Å². The quantitative estimate of drug-likeness (QED) is 0.692. The van der Waals surface area contributed by atoms with Crippen molar-refractivity contribution >= 4 is 16.3 Å². The minimum absolute atomic E-state index is 0. The van der Waals surface area contributed by atoms with Crippen LogP contribution in [0.5, 0.6) is 0 Å². The van der Waals surface area contributed by atoms with Gasteiger partial charge < -0.3 is 4.79 Å². The summed E-state index contributed by atoms with van der Waals surface area (Å²) in [5.74, 6) is -0.0149. The van der Waals surface area contributed by atoms with Gasteiger partial charge in [-0.25, -0.2) is 19.4 Å². The Balaban J connectivity index is 0. The molecule has 1 atom stereocenters. The summed E-state index contributed by atoms with van der Waals surface area (Å²) in [5.41, 5.74) is 0. The molecule has 1 N–H and O–H groups in total. The molecular weight excluding hydrogens is 338 g/mol. The third kappa shape index (κ3) is 6.66. The van der Waals surface area contributed by atoms with Crippen LogP contribution in [0.25, 0.3) is 0 Å². The third-order valence-electron chi connectivity index (χ3n) is 0.913. The maximum Gasteiger partial charge on any atom is 2.00 e. The standard InChI is InChI=1S/C5H10NO3S.W/c1-3-10(8,9)6-5(2)4-7;/h5-6H,3H2,1-2H3;/q-1;+2. The van der Waals surface area contributed by atoms with Crippen LogP contribution in [-0.4, -0.2) is 26.5 Å². The first kappa shape index (κ1) is 13.8. The molecule has 0 amide bonds. The zero-order valence-electron chi connectivity index (χ0n) is 6.33. The van der Waals surface area contributed by atoms with Crippen LogP contribution >= 0.6 is 0 Å². The summed E-state index contributed by atoms with van der Waals surface area (Å²) in [4.78, 5) is 9.85. The fourth-order valence-electron chi connectivity index (χ4n) is 0.377. The van der Waals surface area contributed by atoms with Crippen molar-refractivity contribution in [2.45, 2.75) is 19.9 Å². The molecule has 11 heavy (non-hydrogen) atoms. The second kappa shape index (κ2) is 5.86. The molecule has 0 radical (unpaired) electrons. The molecule has 0 rings (SSSR count). The summed E-state index contributed by atoms with van der Waals surface area (Å²) >= 11 is 0. The molecule has 0 fully saturated rings. The molecular formula is C5H10NO3SW+. The van der Waals surface area contributed by atoms with E-state index in [2.05, 4.69) is 4.72 Å². The molecule has 0 aliphatic rings. The molecule has 0 aromatic rings. The first-order valence-electron chi connectivity index (χ1n) is 2.89. The fourth-order valence-corrected chi connectivity index (χ4v) is 1.13. The number of sulfonamides is 1. The molecule has 0 saturated carbocycles. The van der Waals surface area contributed by atoms with Gasteiger partial charge >= 0.3 is 21.1 Å². The summed E-state index contributed by atoms with van der Waals surface area (Å²) < 4.78 is 23.5. The van der Waals surface area contributed by atoms with Gasteiger partial charge in [-0.1, -0.05) is 13.0 Å². The van der Waals surface area contributed by atoms with Crippen LogP contribution in [0, 0.1) is 0 Å². The van der Waals surface area contributed by atoms with Gasteiger partial charge in [-0.2, -0.15) is 0 Å². The largest absolute Gasteiger partial charge is 2.00 e.